The topological polar surface area (TPSA) is 79.1 Å². The fraction of sp³-hybridized carbons (Fsp3) is 0.219. The Kier molecular flexibility index (Phi) is 9.91. The van der Waals surface area contributed by atoms with Crippen molar-refractivity contribution in [2.24, 2.45) is 4.99 Å². The van der Waals surface area contributed by atoms with Crippen molar-refractivity contribution in [1.82, 2.24) is 4.57 Å². The number of thiazole rings is 1. The zero-order valence-electron chi connectivity index (χ0n) is 23.5. The summed E-state index contributed by atoms with van der Waals surface area (Å²) in [7, 11) is 0. The first-order valence-corrected chi connectivity index (χ1v) is 16.3. The van der Waals surface area contributed by atoms with Crippen molar-refractivity contribution < 1.29 is 19.0 Å². The van der Waals surface area contributed by atoms with Crippen LogP contribution in [0.25, 0.3) is 6.08 Å². The van der Waals surface area contributed by atoms with Gasteiger partial charge < -0.3 is 14.2 Å². The van der Waals surface area contributed by atoms with E-state index in [2.05, 4.69) is 36.9 Å². The number of fused-ring (bicyclic) bond motifs is 1. The van der Waals surface area contributed by atoms with Crippen LogP contribution in [-0.4, -0.2) is 23.8 Å². The lowest BCUT2D eigenvalue weighted by Gasteiger charge is -2.24. The molecule has 2 heterocycles. The van der Waals surface area contributed by atoms with Crippen LogP contribution >= 0.6 is 54.8 Å². The normalized spacial score (nSPS) is 14.7. The van der Waals surface area contributed by atoms with Crippen molar-refractivity contribution >= 4 is 66.8 Å². The summed E-state index contributed by atoms with van der Waals surface area (Å²) in [6.45, 7) is 6.43. The van der Waals surface area contributed by atoms with Gasteiger partial charge in [0.25, 0.3) is 5.56 Å². The molecule has 4 aromatic rings. The molecule has 1 atom stereocenters. The van der Waals surface area contributed by atoms with Crippen LogP contribution in [0.4, 0.5) is 0 Å². The van der Waals surface area contributed by atoms with E-state index in [1.165, 1.54) is 11.3 Å². The molecule has 3 aromatic carbocycles. The standard InChI is InChI=1S/C32H27Br2ClN2O5S/c1-4-40-24-11-9-20(10-12-24)28-27(31(39)41-5-2)18(3)36-32-37(28)30(38)26(43-32)15-21-14-22(33)16-25(34)29(21)42-17-19-7-6-8-23(35)13-19/h6-16,28H,4-5,17H2,1-3H3/b26-15-/t28-/m1/s1. The van der Waals surface area contributed by atoms with Crippen LogP contribution in [0.1, 0.15) is 43.5 Å². The lowest BCUT2D eigenvalue weighted by molar-refractivity contribution is -0.139. The Morgan fingerprint density at radius 2 is 1.84 bits per heavy atom. The minimum absolute atomic E-state index is 0.200. The van der Waals surface area contributed by atoms with Crippen LogP contribution in [-0.2, 0) is 16.1 Å². The van der Waals surface area contributed by atoms with Gasteiger partial charge in [0.15, 0.2) is 4.80 Å². The van der Waals surface area contributed by atoms with Gasteiger partial charge in [0.1, 0.15) is 18.1 Å². The Bertz CT molecular complexity index is 1900. The largest absolute Gasteiger partial charge is 0.494 e. The molecule has 0 unspecified atom stereocenters. The molecule has 0 aliphatic carbocycles. The van der Waals surface area contributed by atoms with Crippen LogP contribution in [0.5, 0.6) is 11.5 Å². The van der Waals surface area contributed by atoms with E-state index in [0.717, 1.165) is 20.1 Å². The molecule has 0 bridgehead atoms. The predicted molar refractivity (Wildman–Crippen MR) is 176 cm³/mol. The monoisotopic (exact) mass is 744 g/mol. The van der Waals surface area contributed by atoms with Gasteiger partial charge in [-0.05, 0) is 90.3 Å². The van der Waals surface area contributed by atoms with Gasteiger partial charge in [0.2, 0.25) is 0 Å². The van der Waals surface area contributed by atoms with Gasteiger partial charge in [0, 0.05) is 15.1 Å². The van der Waals surface area contributed by atoms with Gasteiger partial charge in [-0.2, -0.15) is 0 Å². The molecular weight excluding hydrogens is 720 g/mol. The SMILES string of the molecule is CCOC(=O)C1=C(C)N=c2s/c(=C\c3cc(Br)cc(Br)c3OCc3cccc(Cl)c3)c(=O)n2[C@@H]1c1ccc(OCC)cc1. The first-order chi connectivity index (χ1) is 20.7. The summed E-state index contributed by atoms with van der Waals surface area (Å²) in [5, 5.41) is 0.622. The summed E-state index contributed by atoms with van der Waals surface area (Å²) in [6.07, 6.45) is 1.78. The number of nitrogens with zero attached hydrogens (tertiary/aromatic N) is 2. The molecule has 0 spiro atoms. The molecule has 1 aliphatic rings. The highest BCUT2D eigenvalue weighted by molar-refractivity contribution is 9.11. The van der Waals surface area contributed by atoms with Gasteiger partial charge in [0.05, 0.1) is 39.5 Å². The van der Waals surface area contributed by atoms with Crippen molar-refractivity contribution in [3.8, 4) is 11.5 Å². The molecule has 5 rings (SSSR count). The molecule has 11 heteroatoms. The molecule has 0 amide bonds. The lowest BCUT2D eigenvalue weighted by atomic mass is 9.96. The third-order valence-corrected chi connectivity index (χ3v) is 8.88. The first-order valence-electron chi connectivity index (χ1n) is 13.5. The summed E-state index contributed by atoms with van der Waals surface area (Å²) >= 11 is 14.6. The Morgan fingerprint density at radius 3 is 2.53 bits per heavy atom. The summed E-state index contributed by atoms with van der Waals surface area (Å²) < 4.78 is 20.8. The molecule has 43 heavy (non-hydrogen) atoms. The highest BCUT2D eigenvalue weighted by atomic mass is 79.9. The molecule has 0 saturated heterocycles. The molecule has 0 saturated carbocycles. The quantitative estimate of drug-likeness (QED) is 0.173. The number of halogens is 3. The Hall–Kier alpha value is -3.18. The predicted octanol–water partition coefficient (Wildman–Crippen LogP) is 6.95. The maximum Gasteiger partial charge on any atom is 0.338 e. The number of allylic oxidation sites excluding steroid dienone is 1. The number of hydrogen-bond donors (Lipinski definition) is 0. The zero-order chi connectivity index (χ0) is 30.7. The van der Waals surface area contributed by atoms with E-state index >= 15 is 0 Å². The minimum Gasteiger partial charge on any atom is -0.494 e. The smallest absolute Gasteiger partial charge is 0.338 e. The molecule has 222 valence electrons. The van der Waals surface area contributed by atoms with Gasteiger partial charge in [-0.3, -0.25) is 9.36 Å². The van der Waals surface area contributed by atoms with Crippen molar-refractivity contribution in [1.29, 1.82) is 0 Å². The number of aromatic nitrogens is 1. The summed E-state index contributed by atoms with van der Waals surface area (Å²) in [5.74, 6) is 0.757. The van der Waals surface area contributed by atoms with E-state index in [4.69, 9.17) is 25.8 Å². The van der Waals surface area contributed by atoms with Crippen LogP contribution in [0.15, 0.2) is 90.7 Å². The second kappa shape index (κ2) is 13.6. The molecule has 1 aromatic heterocycles. The highest BCUT2D eigenvalue weighted by Crippen LogP contribution is 2.35. The second-order valence-electron chi connectivity index (χ2n) is 9.53. The fourth-order valence-corrected chi connectivity index (χ4v) is 7.41. The van der Waals surface area contributed by atoms with Gasteiger partial charge in [-0.15, -0.1) is 0 Å². The van der Waals surface area contributed by atoms with Gasteiger partial charge in [-0.25, -0.2) is 9.79 Å². The Labute approximate surface area is 274 Å². The second-order valence-corrected chi connectivity index (χ2v) is 12.7. The fourth-order valence-electron chi connectivity index (χ4n) is 4.78. The number of hydrogen-bond acceptors (Lipinski definition) is 7. The van der Waals surface area contributed by atoms with E-state index in [9.17, 15) is 9.59 Å². The van der Waals surface area contributed by atoms with Crippen molar-refractivity contribution in [2.45, 2.75) is 33.4 Å². The average Bonchev–Trinajstić information content (AvgIpc) is 3.26. The molecule has 0 radical (unpaired) electrons. The molecule has 0 fully saturated rings. The maximum absolute atomic E-state index is 14.1. The zero-order valence-corrected chi connectivity index (χ0v) is 28.3. The van der Waals surface area contributed by atoms with E-state index in [-0.39, 0.29) is 18.8 Å². The third-order valence-electron chi connectivity index (χ3n) is 6.62. The van der Waals surface area contributed by atoms with Crippen LogP contribution in [0.2, 0.25) is 5.02 Å². The lowest BCUT2D eigenvalue weighted by Crippen LogP contribution is -2.39. The van der Waals surface area contributed by atoms with E-state index in [1.54, 1.807) is 30.6 Å². The summed E-state index contributed by atoms with van der Waals surface area (Å²) in [6, 6.07) is 17.9. The number of carbonyl (C=O) groups excluding carboxylic acids is 1. The van der Waals surface area contributed by atoms with E-state index in [1.807, 2.05) is 61.5 Å². The summed E-state index contributed by atoms with van der Waals surface area (Å²) in [5.41, 5.74) is 2.87. The van der Waals surface area contributed by atoms with Crippen LogP contribution < -0.4 is 24.4 Å². The van der Waals surface area contributed by atoms with Gasteiger partial charge >= 0.3 is 5.97 Å². The number of ether oxygens (including phenoxy) is 3. The first kappa shape index (κ1) is 31.3. The van der Waals surface area contributed by atoms with Gasteiger partial charge in [-0.1, -0.05) is 63.1 Å². The minimum atomic E-state index is -0.721. The molecule has 7 nitrogen and oxygen atoms in total. The highest BCUT2D eigenvalue weighted by Gasteiger charge is 2.33. The van der Waals surface area contributed by atoms with E-state index in [0.29, 0.717) is 49.3 Å². The number of benzene rings is 3. The van der Waals surface area contributed by atoms with E-state index < -0.39 is 12.0 Å². The van der Waals surface area contributed by atoms with Crippen LogP contribution in [0, 0.1) is 0 Å². The molecule has 1 aliphatic heterocycles. The van der Waals surface area contributed by atoms with Crippen molar-refractivity contribution in [3.63, 3.8) is 0 Å². The Morgan fingerprint density at radius 1 is 1.07 bits per heavy atom. The molecule has 0 N–H and O–H groups in total. The number of rotatable bonds is 9. The third kappa shape index (κ3) is 6.82. The maximum atomic E-state index is 14.1. The van der Waals surface area contributed by atoms with Crippen molar-refractivity contribution in [2.75, 3.05) is 13.2 Å². The molecular formula is C32H27Br2ClN2O5S. The number of esters is 1. The van der Waals surface area contributed by atoms with Crippen LogP contribution in [0.3, 0.4) is 0 Å². The van der Waals surface area contributed by atoms with Crippen molar-refractivity contribution in [3.05, 3.63) is 122 Å². The summed E-state index contributed by atoms with van der Waals surface area (Å²) in [4.78, 5) is 32.4. The number of carbonyl (C=O) groups is 1. The Balaban J connectivity index is 1.63. The average molecular weight is 747 g/mol.